The van der Waals surface area contributed by atoms with Gasteiger partial charge in [0.2, 0.25) is 0 Å². The zero-order valence-electron chi connectivity index (χ0n) is 11.1. The lowest BCUT2D eigenvalue weighted by Gasteiger charge is -2.11. The molecule has 21 heavy (non-hydrogen) atoms. The smallest absolute Gasteiger partial charge is 0.118 e. The molecular weight excluding hydrogens is 311 g/mol. The fourth-order valence-corrected chi connectivity index (χ4v) is 2.18. The summed E-state index contributed by atoms with van der Waals surface area (Å²) in [5.74, 6) is -0.604. The van der Waals surface area contributed by atoms with E-state index in [9.17, 15) is 9.90 Å². The summed E-state index contributed by atoms with van der Waals surface area (Å²) in [6.07, 6.45) is 1.03. The lowest BCUT2D eigenvalue weighted by atomic mass is 9.97. The Morgan fingerprint density at radius 3 is 2.19 bits per heavy atom. The molecule has 0 bridgehead atoms. The molecule has 2 aromatic rings. The minimum absolute atomic E-state index is 0.354. The summed E-state index contributed by atoms with van der Waals surface area (Å²) < 4.78 is 5.08. The number of carbonyl (C=O) groups excluding carboxylic acids is 1. The van der Waals surface area contributed by atoms with Gasteiger partial charge in [0.1, 0.15) is 5.75 Å². The van der Waals surface area contributed by atoms with Crippen LogP contribution in [0.1, 0.15) is 11.1 Å². The maximum atomic E-state index is 11.0. The zero-order chi connectivity index (χ0) is 15.4. The van der Waals surface area contributed by atoms with Gasteiger partial charge in [-0.3, -0.25) is 0 Å². The van der Waals surface area contributed by atoms with E-state index in [4.69, 9.17) is 27.9 Å². The summed E-state index contributed by atoms with van der Waals surface area (Å²) in [4.78, 5) is 11.0. The Labute approximate surface area is 132 Å². The van der Waals surface area contributed by atoms with Gasteiger partial charge in [-0.15, -0.1) is 0 Å². The van der Waals surface area contributed by atoms with Crippen LogP contribution >= 0.6 is 23.2 Å². The Morgan fingerprint density at radius 2 is 1.67 bits per heavy atom. The summed E-state index contributed by atoms with van der Waals surface area (Å²) in [6, 6.07) is 11.9. The van der Waals surface area contributed by atoms with Gasteiger partial charge in [0.05, 0.1) is 23.1 Å². The second-order valence-electron chi connectivity index (χ2n) is 4.23. The van der Waals surface area contributed by atoms with Crippen molar-refractivity contribution in [2.24, 2.45) is 0 Å². The maximum Gasteiger partial charge on any atom is 0.118 e. The maximum absolute atomic E-state index is 11.0. The highest BCUT2D eigenvalue weighted by molar-refractivity contribution is 6.42. The van der Waals surface area contributed by atoms with Crippen LogP contribution in [-0.4, -0.2) is 13.1 Å². The van der Waals surface area contributed by atoms with Crippen LogP contribution in [0.4, 0.5) is 0 Å². The normalized spacial score (nSPS) is 11.3. The molecule has 0 aliphatic carbocycles. The topological polar surface area (TPSA) is 49.4 Å². The molecule has 0 N–H and O–H groups in total. The predicted molar refractivity (Wildman–Crippen MR) is 81.5 cm³/mol. The summed E-state index contributed by atoms with van der Waals surface area (Å²) in [7, 11) is 1.56. The number of hydrogen-bond acceptors (Lipinski definition) is 3. The minimum atomic E-state index is -1.29. The number of ether oxygens (including phenoxy) is 1. The van der Waals surface area contributed by atoms with Crippen molar-refractivity contribution in [3.63, 3.8) is 0 Å². The van der Waals surface area contributed by atoms with Crippen LogP contribution in [0.5, 0.6) is 5.75 Å². The van der Waals surface area contributed by atoms with Gasteiger partial charge in [-0.25, -0.2) is 0 Å². The van der Waals surface area contributed by atoms with Crippen LogP contribution in [0, 0.1) is 0 Å². The lowest BCUT2D eigenvalue weighted by Crippen LogP contribution is -2.19. The highest BCUT2D eigenvalue weighted by Crippen LogP contribution is 2.30. The van der Waals surface area contributed by atoms with E-state index in [0.717, 1.165) is 6.08 Å². The van der Waals surface area contributed by atoms with Gasteiger partial charge in [-0.1, -0.05) is 41.4 Å². The van der Waals surface area contributed by atoms with Gasteiger partial charge in [-0.05, 0) is 47.0 Å². The Bertz CT molecular complexity index is 691. The summed E-state index contributed by atoms with van der Waals surface area (Å²) in [6.45, 7) is 0. The van der Waals surface area contributed by atoms with Crippen molar-refractivity contribution in [1.29, 1.82) is 0 Å². The number of carbonyl (C=O) groups is 1. The molecule has 0 atom stereocenters. The average molecular weight is 322 g/mol. The number of carboxylic acids is 1. The van der Waals surface area contributed by atoms with Crippen LogP contribution in [0.15, 0.2) is 48.5 Å². The van der Waals surface area contributed by atoms with Gasteiger partial charge in [-0.2, -0.15) is 0 Å². The van der Waals surface area contributed by atoms with Crippen LogP contribution in [0.3, 0.4) is 0 Å². The molecule has 2 rings (SSSR count). The first-order valence-corrected chi connectivity index (χ1v) is 6.79. The van der Waals surface area contributed by atoms with Crippen molar-refractivity contribution < 1.29 is 14.6 Å². The highest BCUT2D eigenvalue weighted by Gasteiger charge is 2.08. The fourth-order valence-electron chi connectivity index (χ4n) is 1.89. The monoisotopic (exact) mass is 321 g/mol. The van der Waals surface area contributed by atoms with E-state index in [0.29, 0.717) is 32.5 Å². The van der Waals surface area contributed by atoms with Gasteiger partial charge in [0.25, 0.3) is 0 Å². The molecule has 5 heteroatoms. The minimum Gasteiger partial charge on any atom is -0.545 e. The third-order valence-corrected chi connectivity index (χ3v) is 3.63. The van der Waals surface area contributed by atoms with E-state index in [2.05, 4.69) is 0 Å². The summed E-state index contributed by atoms with van der Waals surface area (Å²) in [5.41, 5.74) is 1.83. The van der Waals surface area contributed by atoms with Gasteiger partial charge >= 0.3 is 0 Å². The molecule has 0 heterocycles. The molecular formula is C16H11Cl2O3-. The molecule has 0 radical (unpaired) electrons. The molecule has 0 aliphatic rings. The summed E-state index contributed by atoms with van der Waals surface area (Å²) >= 11 is 11.9. The number of halogens is 2. The van der Waals surface area contributed by atoms with Crippen molar-refractivity contribution in [3.05, 3.63) is 69.7 Å². The molecule has 0 saturated heterocycles. The number of hydrogen-bond donors (Lipinski definition) is 0. The van der Waals surface area contributed by atoms with Crippen molar-refractivity contribution >= 4 is 34.7 Å². The van der Waals surface area contributed by atoms with E-state index in [-0.39, 0.29) is 0 Å². The van der Waals surface area contributed by atoms with Gasteiger partial charge < -0.3 is 14.6 Å². The van der Waals surface area contributed by atoms with Crippen LogP contribution in [-0.2, 0) is 4.79 Å². The Hall–Kier alpha value is -1.97. The van der Waals surface area contributed by atoms with E-state index in [1.54, 1.807) is 49.6 Å². The van der Waals surface area contributed by atoms with Crippen LogP contribution < -0.4 is 9.84 Å². The predicted octanol–water partition coefficient (Wildman–Crippen LogP) is 3.18. The Kier molecular flexibility index (Phi) is 4.89. The largest absolute Gasteiger partial charge is 0.545 e. The second-order valence-corrected chi connectivity index (χ2v) is 5.05. The molecule has 0 unspecified atom stereocenters. The standard InChI is InChI=1S/C16H12Cl2O3/c1-21-12-5-2-10(3-6-12)13(9-16(19)20)11-4-7-14(17)15(18)8-11/h2-9H,1H3,(H,19,20)/p-1/b13-9-. The third kappa shape index (κ3) is 3.78. The van der Waals surface area contributed by atoms with E-state index >= 15 is 0 Å². The average Bonchev–Trinajstić information content (AvgIpc) is 2.48. The Balaban J connectivity index is 2.52. The van der Waals surface area contributed by atoms with Crippen molar-refractivity contribution in [1.82, 2.24) is 0 Å². The second kappa shape index (κ2) is 6.66. The van der Waals surface area contributed by atoms with Gasteiger partial charge in [0, 0.05) is 0 Å². The van der Waals surface area contributed by atoms with E-state index in [1.807, 2.05) is 0 Å². The molecule has 0 fully saturated rings. The van der Waals surface area contributed by atoms with Crippen molar-refractivity contribution in [3.8, 4) is 5.75 Å². The molecule has 108 valence electrons. The zero-order valence-corrected chi connectivity index (χ0v) is 12.6. The lowest BCUT2D eigenvalue weighted by molar-refractivity contribution is -0.297. The molecule has 3 nitrogen and oxygen atoms in total. The van der Waals surface area contributed by atoms with Crippen molar-refractivity contribution in [2.45, 2.75) is 0 Å². The first-order chi connectivity index (χ1) is 10.0. The Morgan fingerprint density at radius 1 is 1.05 bits per heavy atom. The molecule has 0 aliphatic heterocycles. The van der Waals surface area contributed by atoms with E-state index in [1.165, 1.54) is 0 Å². The number of methoxy groups -OCH3 is 1. The molecule has 0 spiro atoms. The van der Waals surface area contributed by atoms with Crippen LogP contribution in [0.2, 0.25) is 10.0 Å². The first-order valence-electron chi connectivity index (χ1n) is 6.04. The number of benzene rings is 2. The molecule has 0 saturated carbocycles. The van der Waals surface area contributed by atoms with Crippen molar-refractivity contribution in [2.75, 3.05) is 7.11 Å². The van der Waals surface area contributed by atoms with E-state index < -0.39 is 5.97 Å². The quantitative estimate of drug-likeness (QED) is 0.812. The first kappa shape index (κ1) is 15.4. The molecule has 0 amide bonds. The fraction of sp³-hybridized carbons (Fsp3) is 0.0625. The SMILES string of the molecule is COc1ccc(/C(=C/C(=O)[O-])c2ccc(Cl)c(Cl)c2)cc1. The van der Waals surface area contributed by atoms with Crippen LogP contribution in [0.25, 0.3) is 5.57 Å². The highest BCUT2D eigenvalue weighted by atomic mass is 35.5. The van der Waals surface area contributed by atoms with Gasteiger partial charge in [0.15, 0.2) is 0 Å². The molecule has 0 aromatic heterocycles. The number of carboxylic acid groups (broad SMARTS) is 1. The third-order valence-electron chi connectivity index (χ3n) is 2.89. The number of aliphatic carboxylic acids is 1. The summed E-state index contributed by atoms with van der Waals surface area (Å²) in [5, 5.41) is 11.7. The molecule has 2 aromatic carbocycles. The number of rotatable bonds is 4.